The van der Waals surface area contributed by atoms with Gasteiger partial charge in [-0.15, -0.1) is 0 Å². The minimum absolute atomic E-state index is 0.677. The fourth-order valence-electron chi connectivity index (χ4n) is 2.82. The highest BCUT2D eigenvalue weighted by molar-refractivity contribution is 5.64. The molecule has 0 saturated heterocycles. The van der Waals surface area contributed by atoms with Crippen molar-refractivity contribution in [3.05, 3.63) is 72.8 Å². The smallest absolute Gasteiger partial charge is 0.133 e. The lowest BCUT2D eigenvalue weighted by Gasteiger charge is -2.13. The zero-order valence-corrected chi connectivity index (χ0v) is 20.5. The zero-order chi connectivity index (χ0) is 26.8. The summed E-state index contributed by atoms with van der Waals surface area (Å²) < 4.78 is 0. The number of nitrogens with zero attached hydrogens (tertiary/aromatic N) is 4. The van der Waals surface area contributed by atoms with Crippen molar-refractivity contribution < 1.29 is 20.4 Å². The molecule has 8 bridgehead atoms. The van der Waals surface area contributed by atoms with Crippen molar-refractivity contribution >= 4 is 46.5 Å². The second-order valence-electron chi connectivity index (χ2n) is 6.13. The number of pyridine rings is 4. The lowest BCUT2D eigenvalue weighted by atomic mass is 10.3. The van der Waals surface area contributed by atoms with Crippen molar-refractivity contribution in [2.24, 2.45) is 0 Å². The number of nitrogens with one attached hydrogen (secondary N) is 4. The molecule has 0 amide bonds. The SMILES string of the molecule is CO.CO.CO.CO.c1cc2nc(c1)Nc1cccc(n1)Nc1cccc(n1)Nc1cccc(n1)N2. The molecule has 0 spiro atoms. The van der Waals surface area contributed by atoms with Crippen molar-refractivity contribution in [1.82, 2.24) is 19.9 Å². The molecular weight excluding hydrogens is 464 g/mol. The van der Waals surface area contributed by atoms with Crippen LogP contribution in [0, 0.1) is 0 Å². The van der Waals surface area contributed by atoms with Crippen molar-refractivity contribution in [1.29, 1.82) is 0 Å². The van der Waals surface area contributed by atoms with Crippen LogP contribution in [0.15, 0.2) is 72.8 Å². The number of fused-ring (bicyclic) bond motifs is 8. The van der Waals surface area contributed by atoms with Gasteiger partial charge in [-0.25, -0.2) is 19.9 Å². The van der Waals surface area contributed by atoms with Gasteiger partial charge in [-0.3, -0.25) is 0 Å². The summed E-state index contributed by atoms with van der Waals surface area (Å²) in [7, 11) is 4.00. The molecule has 0 radical (unpaired) electrons. The minimum atomic E-state index is 0.677. The van der Waals surface area contributed by atoms with Crippen LogP contribution in [0.25, 0.3) is 0 Å². The molecule has 0 fully saturated rings. The fraction of sp³-hybridized carbons (Fsp3) is 0.167. The molecule has 12 heteroatoms. The molecule has 5 heterocycles. The summed E-state index contributed by atoms with van der Waals surface area (Å²) in [6, 6.07) is 22.7. The van der Waals surface area contributed by atoms with Gasteiger partial charge < -0.3 is 41.7 Å². The summed E-state index contributed by atoms with van der Waals surface area (Å²) in [6.07, 6.45) is 0. The second kappa shape index (κ2) is 17.1. The number of aliphatic hydroxyl groups is 4. The molecule has 12 nitrogen and oxygen atoms in total. The largest absolute Gasteiger partial charge is 0.400 e. The Morgan fingerprint density at radius 2 is 0.472 bits per heavy atom. The van der Waals surface area contributed by atoms with E-state index in [0.717, 1.165) is 28.4 Å². The molecule has 0 aliphatic carbocycles. The zero-order valence-electron chi connectivity index (χ0n) is 20.5. The van der Waals surface area contributed by atoms with E-state index in [0.29, 0.717) is 46.5 Å². The third kappa shape index (κ3) is 9.12. The topological polar surface area (TPSA) is 181 Å². The van der Waals surface area contributed by atoms with Crippen LogP contribution in [0.3, 0.4) is 0 Å². The van der Waals surface area contributed by atoms with Crippen molar-refractivity contribution in [2.75, 3.05) is 49.7 Å². The van der Waals surface area contributed by atoms with Crippen LogP contribution >= 0.6 is 0 Å². The average Bonchev–Trinajstić information content (AvgIpc) is 2.94. The van der Waals surface area contributed by atoms with E-state index in [1.54, 1.807) is 0 Å². The Morgan fingerprint density at radius 3 is 0.611 bits per heavy atom. The lowest BCUT2D eigenvalue weighted by molar-refractivity contribution is 0.399. The summed E-state index contributed by atoms with van der Waals surface area (Å²) in [5.41, 5.74) is 0. The second-order valence-corrected chi connectivity index (χ2v) is 6.13. The van der Waals surface area contributed by atoms with E-state index in [1.165, 1.54) is 0 Å². The summed E-state index contributed by atoms with van der Waals surface area (Å²) >= 11 is 0. The monoisotopic (exact) mass is 496 g/mol. The highest BCUT2D eigenvalue weighted by Gasteiger charge is 2.06. The van der Waals surface area contributed by atoms with Gasteiger partial charge in [-0.1, -0.05) is 24.3 Å². The van der Waals surface area contributed by atoms with Crippen LogP contribution < -0.4 is 21.3 Å². The molecule has 192 valence electrons. The number of hydrogen-bond acceptors (Lipinski definition) is 12. The van der Waals surface area contributed by atoms with Gasteiger partial charge in [0.05, 0.1) is 0 Å². The summed E-state index contributed by atoms with van der Waals surface area (Å²) in [4.78, 5) is 18.3. The van der Waals surface area contributed by atoms with E-state index in [2.05, 4.69) is 41.2 Å². The fourth-order valence-corrected chi connectivity index (χ4v) is 2.82. The first kappa shape index (κ1) is 29.7. The summed E-state index contributed by atoms with van der Waals surface area (Å²) in [6.45, 7) is 0. The highest BCUT2D eigenvalue weighted by atomic mass is 16.2. The van der Waals surface area contributed by atoms with E-state index in [9.17, 15) is 0 Å². The lowest BCUT2D eigenvalue weighted by Crippen LogP contribution is -2.04. The average molecular weight is 497 g/mol. The van der Waals surface area contributed by atoms with Gasteiger partial charge in [-0.05, 0) is 48.5 Å². The Kier molecular flexibility index (Phi) is 14.1. The van der Waals surface area contributed by atoms with E-state index < -0.39 is 0 Å². The van der Waals surface area contributed by atoms with Crippen LogP contribution in [0.2, 0.25) is 0 Å². The summed E-state index contributed by atoms with van der Waals surface area (Å²) in [5.74, 6) is 5.42. The van der Waals surface area contributed by atoms with Crippen molar-refractivity contribution in [3.8, 4) is 0 Å². The Bertz CT molecular complexity index is 913. The molecule has 1 aliphatic rings. The van der Waals surface area contributed by atoms with Gasteiger partial charge in [0.1, 0.15) is 46.5 Å². The molecule has 4 aromatic rings. The first-order chi connectivity index (χ1) is 17.8. The van der Waals surface area contributed by atoms with Crippen LogP contribution in [0.1, 0.15) is 0 Å². The Balaban J connectivity index is 0.000000741. The number of aromatic nitrogens is 4. The molecule has 4 aromatic heterocycles. The van der Waals surface area contributed by atoms with Gasteiger partial charge in [0, 0.05) is 28.4 Å². The van der Waals surface area contributed by atoms with E-state index in [-0.39, 0.29) is 0 Å². The molecule has 36 heavy (non-hydrogen) atoms. The Hall–Kier alpha value is -4.36. The van der Waals surface area contributed by atoms with Gasteiger partial charge in [-0.2, -0.15) is 0 Å². The first-order valence-electron chi connectivity index (χ1n) is 10.6. The maximum Gasteiger partial charge on any atom is 0.133 e. The molecule has 5 rings (SSSR count). The molecule has 0 aromatic carbocycles. The van der Waals surface area contributed by atoms with Crippen LogP contribution in [0.5, 0.6) is 0 Å². The quantitative estimate of drug-likeness (QED) is 0.157. The maximum absolute atomic E-state index is 7.00. The van der Waals surface area contributed by atoms with Gasteiger partial charge in [0.15, 0.2) is 0 Å². The normalized spacial score (nSPS) is 10.0. The summed E-state index contributed by atoms with van der Waals surface area (Å²) in [5, 5.41) is 40.9. The van der Waals surface area contributed by atoms with E-state index >= 15 is 0 Å². The minimum Gasteiger partial charge on any atom is -0.400 e. The van der Waals surface area contributed by atoms with Crippen molar-refractivity contribution in [3.63, 3.8) is 0 Å². The van der Waals surface area contributed by atoms with Crippen molar-refractivity contribution in [2.45, 2.75) is 0 Å². The van der Waals surface area contributed by atoms with Crippen LogP contribution in [0.4, 0.5) is 46.5 Å². The number of aliphatic hydroxyl groups excluding tert-OH is 4. The van der Waals surface area contributed by atoms with Crippen LogP contribution in [-0.4, -0.2) is 68.8 Å². The molecule has 8 N–H and O–H groups in total. The molecule has 0 atom stereocenters. The Morgan fingerprint density at radius 1 is 0.333 bits per heavy atom. The standard InChI is InChI=1S/C20H16N8.4CH4O/c1-5-13-21-14(6-1)26-16-8-3-10-18(23-16)28-20-12-4-11-19(24-20)27-17-9-2-7-15(22-17)25-13;4*1-2/h1-12H,(H4,21,22,23,24,25,26,27,28);4*2H,1H3. The third-order valence-corrected chi connectivity index (χ3v) is 4.02. The van der Waals surface area contributed by atoms with Gasteiger partial charge >= 0.3 is 0 Å². The number of rotatable bonds is 0. The highest BCUT2D eigenvalue weighted by Crippen LogP contribution is 2.23. The third-order valence-electron chi connectivity index (χ3n) is 4.02. The number of hydrogen-bond donors (Lipinski definition) is 8. The van der Waals surface area contributed by atoms with E-state index in [1.807, 2.05) is 72.8 Å². The number of anilines is 8. The maximum atomic E-state index is 7.00. The molecule has 0 saturated carbocycles. The first-order valence-corrected chi connectivity index (χ1v) is 10.6. The Labute approximate surface area is 209 Å². The molecule has 0 unspecified atom stereocenters. The van der Waals surface area contributed by atoms with Gasteiger partial charge in [0.25, 0.3) is 0 Å². The molecular formula is C24H32N8O4. The molecule has 1 aliphatic heterocycles. The van der Waals surface area contributed by atoms with Crippen LogP contribution in [-0.2, 0) is 0 Å². The predicted octanol–water partition coefficient (Wildman–Crippen LogP) is 2.99. The van der Waals surface area contributed by atoms with E-state index in [4.69, 9.17) is 20.4 Å². The van der Waals surface area contributed by atoms with Gasteiger partial charge in [0.2, 0.25) is 0 Å². The predicted molar refractivity (Wildman–Crippen MR) is 143 cm³/mol.